The molecule has 1 aliphatic heterocycles. The van der Waals surface area contributed by atoms with E-state index in [0.717, 1.165) is 25.9 Å². The van der Waals surface area contributed by atoms with Gasteiger partial charge >= 0.3 is 12.0 Å². The number of rotatable bonds is 6. The zero-order chi connectivity index (χ0) is 13.8. The fraction of sp³-hybridized carbons (Fsp3) is 0.846. The van der Waals surface area contributed by atoms with Gasteiger partial charge in [-0.05, 0) is 32.1 Å². The van der Waals surface area contributed by atoms with Gasteiger partial charge in [0.15, 0.2) is 0 Å². The SMILES string of the molecule is CC(NC(=O)N(CC(=O)O)CC1CC1)C1CCOC1. The van der Waals surface area contributed by atoms with Crippen LogP contribution in [-0.4, -0.2) is 54.4 Å². The predicted octanol–water partition coefficient (Wildman–Crippen LogP) is 0.918. The van der Waals surface area contributed by atoms with Gasteiger partial charge in [-0.3, -0.25) is 4.79 Å². The summed E-state index contributed by atoms with van der Waals surface area (Å²) in [7, 11) is 0. The molecule has 108 valence electrons. The first-order chi connectivity index (χ1) is 9.06. The van der Waals surface area contributed by atoms with E-state index < -0.39 is 5.97 Å². The molecule has 0 aromatic heterocycles. The summed E-state index contributed by atoms with van der Waals surface area (Å²) in [6.45, 7) is 3.68. The van der Waals surface area contributed by atoms with E-state index in [4.69, 9.17) is 9.84 Å². The van der Waals surface area contributed by atoms with Gasteiger partial charge in [-0.2, -0.15) is 0 Å². The van der Waals surface area contributed by atoms with Crippen molar-refractivity contribution in [1.29, 1.82) is 0 Å². The average Bonchev–Trinajstić information content (AvgIpc) is 2.98. The molecule has 0 spiro atoms. The van der Waals surface area contributed by atoms with Crippen molar-refractivity contribution in [3.8, 4) is 0 Å². The second-order valence-electron chi connectivity index (χ2n) is 5.58. The van der Waals surface area contributed by atoms with Crippen molar-refractivity contribution in [3.05, 3.63) is 0 Å². The quantitative estimate of drug-likeness (QED) is 0.752. The topological polar surface area (TPSA) is 78.9 Å². The molecule has 1 aliphatic carbocycles. The minimum atomic E-state index is -0.965. The first kappa shape index (κ1) is 14.1. The lowest BCUT2D eigenvalue weighted by atomic mass is 10.0. The van der Waals surface area contributed by atoms with Crippen molar-refractivity contribution >= 4 is 12.0 Å². The number of carbonyl (C=O) groups excluding carboxylic acids is 1. The standard InChI is InChI=1S/C13H22N2O4/c1-9(11-4-5-19-8-11)14-13(18)15(7-12(16)17)6-10-2-3-10/h9-11H,2-8H2,1H3,(H,14,18)(H,16,17). The summed E-state index contributed by atoms with van der Waals surface area (Å²) in [6.07, 6.45) is 3.13. The highest BCUT2D eigenvalue weighted by molar-refractivity contribution is 5.80. The first-order valence-corrected chi connectivity index (χ1v) is 6.91. The molecular formula is C13H22N2O4. The molecule has 2 fully saturated rings. The molecule has 1 saturated carbocycles. The Morgan fingerprint density at radius 3 is 2.68 bits per heavy atom. The van der Waals surface area contributed by atoms with E-state index in [-0.39, 0.29) is 18.6 Å². The highest BCUT2D eigenvalue weighted by Gasteiger charge is 2.30. The Morgan fingerprint density at radius 1 is 1.42 bits per heavy atom. The van der Waals surface area contributed by atoms with E-state index in [1.165, 1.54) is 4.90 Å². The van der Waals surface area contributed by atoms with Crippen LogP contribution in [0.4, 0.5) is 4.79 Å². The molecule has 0 aromatic carbocycles. The van der Waals surface area contributed by atoms with Gasteiger partial charge < -0.3 is 20.1 Å². The van der Waals surface area contributed by atoms with Crippen molar-refractivity contribution in [2.24, 2.45) is 11.8 Å². The van der Waals surface area contributed by atoms with Crippen LogP contribution in [0.5, 0.6) is 0 Å². The zero-order valence-corrected chi connectivity index (χ0v) is 11.3. The van der Waals surface area contributed by atoms with Crippen molar-refractivity contribution < 1.29 is 19.4 Å². The molecule has 6 nitrogen and oxygen atoms in total. The first-order valence-electron chi connectivity index (χ1n) is 6.91. The van der Waals surface area contributed by atoms with E-state index in [0.29, 0.717) is 25.0 Å². The fourth-order valence-electron chi connectivity index (χ4n) is 2.35. The van der Waals surface area contributed by atoms with E-state index in [2.05, 4.69) is 5.32 Å². The molecule has 2 N–H and O–H groups in total. The van der Waals surface area contributed by atoms with Crippen molar-refractivity contribution in [2.75, 3.05) is 26.3 Å². The smallest absolute Gasteiger partial charge is 0.323 e. The maximum absolute atomic E-state index is 12.1. The Kier molecular flexibility index (Phi) is 4.63. The molecule has 1 heterocycles. The molecule has 2 atom stereocenters. The maximum Gasteiger partial charge on any atom is 0.323 e. The van der Waals surface area contributed by atoms with Crippen LogP contribution in [0.25, 0.3) is 0 Å². The van der Waals surface area contributed by atoms with Crippen LogP contribution in [0, 0.1) is 11.8 Å². The monoisotopic (exact) mass is 270 g/mol. The number of nitrogens with zero attached hydrogens (tertiary/aromatic N) is 1. The number of amides is 2. The summed E-state index contributed by atoms with van der Waals surface area (Å²) in [5.74, 6) is -0.153. The molecule has 6 heteroatoms. The van der Waals surface area contributed by atoms with Gasteiger partial charge in [-0.1, -0.05) is 0 Å². The van der Waals surface area contributed by atoms with E-state index in [1.54, 1.807) is 0 Å². The lowest BCUT2D eigenvalue weighted by Crippen LogP contribution is -2.48. The number of carbonyl (C=O) groups is 2. The number of carboxylic acid groups (broad SMARTS) is 1. The number of aliphatic carboxylic acids is 1. The van der Waals surface area contributed by atoms with Gasteiger partial charge in [-0.25, -0.2) is 4.79 Å². The van der Waals surface area contributed by atoms with Crippen LogP contribution in [0.15, 0.2) is 0 Å². The van der Waals surface area contributed by atoms with Gasteiger partial charge in [0.2, 0.25) is 0 Å². The molecule has 0 bridgehead atoms. The highest BCUT2D eigenvalue weighted by Crippen LogP contribution is 2.29. The van der Waals surface area contributed by atoms with Gasteiger partial charge in [0, 0.05) is 25.1 Å². The van der Waals surface area contributed by atoms with Crippen molar-refractivity contribution in [1.82, 2.24) is 10.2 Å². The van der Waals surface area contributed by atoms with Crippen LogP contribution >= 0.6 is 0 Å². The largest absolute Gasteiger partial charge is 0.480 e. The lowest BCUT2D eigenvalue weighted by molar-refractivity contribution is -0.137. The summed E-state index contributed by atoms with van der Waals surface area (Å²) in [4.78, 5) is 24.3. The maximum atomic E-state index is 12.1. The zero-order valence-electron chi connectivity index (χ0n) is 11.3. The number of nitrogens with one attached hydrogen (secondary N) is 1. The summed E-state index contributed by atoms with van der Waals surface area (Å²) < 4.78 is 5.30. The lowest BCUT2D eigenvalue weighted by Gasteiger charge is -2.26. The summed E-state index contributed by atoms with van der Waals surface area (Å²) in [5, 5.41) is 11.8. The Labute approximate surface area is 113 Å². The Balaban J connectivity index is 1.84. The molecule has 2 aliphatic rings. The van der Waals surface area contributed by atoms with Crippen LogP contribution in [0.1, 0.15) is 26.2 Å². The Hall–Kier alpha value is -1.30. The molecule has 2 rings (SSSR count). The number of hydrogen-bond donors (Lipinski definition) is 2. The second-order valence-corrected chi connectivity index (χ2v) is 5.58. The van der Waals surface area contributed by atoms with Gasteiger partial charge in [-0.15, -0.1) is 0 Å². The normalized spacial score (nSPS) is 23.9. The summed E-state index contributed by atoms with van der Waals surface area (Å²) in [5.41, 5.74) is 0. The van der Waals surface area contributed by atoms with E-state index in [1.807, 2.05) is 6.92 Å². The minimum absolute atomic E-state index is 0.0190. The number of urea groups is 1. The van der Waals surface area contributed by atoms with Gasteiger partial charge in [0.05, 0.1) is 6.61 Å². The van der Waals surface area contributed by atoms with Crippen LogP contribution < -0.4 is 5.32 Å². The average molecular weight is 270 g/mol. The Morgan fingerprint density at radius 2 is 2.16 bits per heavy atom. The third-order valence-corrected chi connectivity index (χ3v) is 3.81. The predicted molar refractivity (Wildman–Crippen MR) is 68.9 cm³/mol. The van der Waals surface area contributed by atoms with Gasteiger partial charge in [0.25, 0.3) is 0 Å². The third-order valence-electron chi connectivity index (χ3n) is 3.81. The number of carboxylic acids is 1. The van der Waals surface area contributed by atoms with Crippen LogP contribution in [-0.2, 0) is 9.53 Å². The number of hydrogen-bond acceptors (Lipinski definition) is 3. The summed E-state index contributed by atoms with van der Waals surface area (Å²) in [6, 6.07) is -0.251. The molecule has 1 saturated heterocycles. The molecule has 2 amide bonds. The third kappa shape index (κ3) is 4.38. The van der Waals surface area contributed by atoms with Gasteiger partial charge in [0.1, 0.15) is 6.54 Å². The fourth-order valence-corrected chi connectivity index (χ4v) is 2.35. The molecular weight excluding hydrogens is 248 g/mol. The molecule has 19 heavy (non-hydrogen) atoms. The van der Waals surface area contributed by atoms with Crippen LogP contribution in [0.3, 0.4) is 0 Å². The van der Waals surface area contributed by atoms with E-state index >= 15 is 0 Å². The molecule has 2 unspecified atom stereocenters. The second kappa shape index (κ2) is 6.23. The number of ether oxygens (including phenoxy) is 1. The van der Waals surface area contributed by atoms with Crippen LogP contribution in [0.2, 0.25) is 0 Å². The molecule has 0 aromatic rings. The highest BCUT2D eigenvalue weighted by atomic mass is 16.5. The van der Waals surface area contributed by atoms with Crippen molar-refractivity contribution in [3.63, 3.8) is 0 Å². The van der Waals surface area contributed by atoms with E-state index in [9.17, 15) is 9.59 Å². The summed E-state index contributed by atoms with van der Waals surface area (Å²) >= 11 is 0. The molecule has 0 radical (unpaired) electrons. The Bertz CT molecular complexity index is 338. The minimum Gasteiger partial charge on any atom is -0.480 e. The van der Waals surface area contributed by atoms with Crippen molar-refractivity contribution in [2.45, 2.75) is 32.2 Å².